The standard InChI is InChI=1S/C15H24N2O3S/c1-2-15(18)13-6-5-7-14(12-13)21(19,20)16-8-11-17-9-3-4-10-17/h5-7,12,15-16,18H,2-4,8-11H2,1H3. The molecule has 1 aliphatic rings. The molecule has 0 spiro atoms. The predicted octanol–water partition coefficient (Wildman–Crippen LogP) is 1.50. The molecule has 1 heterocycles. The third-order valence-corrected chi connectivity index (χ3v) is 5.32. The molecule has 1 aliphatic heterocycles. The van der Waals surface area contributed by atoms with Crippen molar-refractivity contribution in [3.63, 3.8) is 0 Å². The van der Waals surface area contributed by atoms with Gasteiger partial charge in [0.05, 0.1) is 11.0 Å². The Morgan fingerprint density at radius 3 is 2.71 bits per heavy atom. The molecule has 0 aliphatic carbocycles. The second-order valence-electron chi connectivity index (χ2n) is 5.44. The summed E-state index contributed by atoms with van der Waals surface area (Å²) in [7, 11) is -3.50. The maximum absolute atomic E-state index is 12.3. The number of aliphatic hydroxyl groups is 1. The van der Waals surface area contributed by atoms with E-state index in [1.807, 2.05) is 6.92 Å². The number of rotatable bonds is 7. The highest BCUT2D eigenvalue weighted by molar-refractivity contribution is 7.89. The van der Waals surface area contributed by atoms with Crippen molar-refractivity contribution >= 4 is 10.0 Å². The van der Waals surface area contributed by atoms with E-state index >= 15 is 0 Å². The predicted molar refractivity (Wildman–Crippen MR) is 82.6 cm³/mol. The molecule has 0 saturated carbocycles. The SMILES string of the molecule is CCC(O)c1cccc(S(=O)(=O)NCCN2CCCC2)c1. The van der Waals surface area contributed by atoms with Gasteiger partial charge in [0.25, 0.3) is 0 Å². The van der Waals surface area contributed by atoms with E-state index in [2.05, 4.69) is 9.62 Å². The fourth-order valence-corrected chi connectivity index (χ4v) is 3.63. The van der Waals surface area contributed by atoms with Gasteiger partial charge in [-0.05, 0) is 50.0 Å². The van der Waals surface area contributed by atoms with Crippen LogP contribution in [0.1, 0.15) is 37.9 Å². The van der Waals surface area contributed by atoms with E-state index in [4.69, 9.17) is 0 Å². The molecule has 21 heavy (non-hydrogen) atoms. The number of hydrogen-bond acceptors (Lipinski definition) is 4. The normalized spacial score (nSPS) is 18.0. The summed E-state index contributed by atoms with van der Waals surface area (Å²) in [5.41, 5.74) is 0.639. The first kappa shape index (κ1) is 16.4. The van der Waals surface area contributed by atoms with E-state index in [0.29, 0.717) is 18.5 Å². The van der Waals surface area contributed by atoms with Gasteiger partial charge in [0, 0.05) is 13.1 Å². The summed E-state index contributed by atoms with van der Waals surface area (Å²) in [6.45, 7) is 5.14. The summed E-state index contributed by atoms with van der Waals surface area (Å²) in [5.74, 6) is 0. The summed E-state index contributed by atoms with van der Waals surface area (Å²) < 4.78 is 27.2. The number of aliphatic hydroxyl groups excluding tert-OH is 1. The van der Waals surface area contributed by atoms with Crippen LogP contribution in [0.15, 0.2) is 29.2 Å². The van der Waals surface area contributed by atoms with Crippen LogP contribution in [0.2, 0.25) is 0 Å². The average molecular weight is 312 g/mol. The van der Waals surface area contributed by atoms with Crippen LogP contribution in [0.4, 0.5) is 0 Å². The van der Waals surface area contributed by atoms with Crippen LogP contribution in [0, 0.1) is 0 Å². The Labute approximate surface area is 127 Å². The Bertz CT molecular complexity index is 554. The Morgan fingerprint density at radius 1 is 1.33 bits per heavy atom. The lowest BCUT2D eigenvalue weighted by molar-refractivity contribution is 0.173. The molecule has 1 aromatic carbocycles. The zero-order valence-corrected chi connectivity index (χ0v) is 13.3. The quantitative estimate of drug-likeness (QED) is 0.800. The topological polar surface area (TPSA) is 69.6 Å². The van der Waals surface area contributed by atoms with Crippen molar-refractivity contribution in [2.24, 2.45) is 0 Å². The zero-order chi connectivity index (χ0) is 15.3. The summed E-state index contributed by atoms with van der Waals surface area (Å²) in [6, 6.07) is 6.52. The second kappa shape index (κ2) is 7.35. The highest BCUT2D eigenvalue weighted by Crippen LogP contribution is 2.19. The van der Waals surface area contributed by atoms with Gasteiger partial charge in [-0.1, -0.05) is 19.1 Å². The molecular formula is C15H24N2O3S. The maximum atomic E-state index is 12.3. The number of likely N-dealkylation sites (tertiary alicyclic amines) is 1. The number of nitrogens with zero attached hydrogens (tertiary/aromatic N) is 1. The zero-order valence-electron chi connectivity index (χ0n) is 12.5. The van der Waals surface area contributed by atoms with E-state index in [9.17, 15) is 13.5 Å². The molecule has 1 fully saturated rings. The van der Waals surface area contributed by atoms with Gasteiger partial charge in [0.15, 0.2) is 0 Å². The van der Waals surface area contributed by atoms with Gasteiger partial charge < -0.3 is 10.0 Å². The highest BCUT2D eigenvalue weighted by Gasteiger charge is 2.17. The average Bonchev–Trinajstić information content (AvgIpc) is 2.99. The first-order chi connectivity index (χ1) is 10.0. The Kier molecular flexibility index (Phi) is 5.75. The molecule has 0 amide bonds. The maximum Gasteiger partial charge on any atom is 0.240 e. The number of sulfonamides is 1. The molecule has 5 nitrogen and oxygen atoms in total. The molecule has 6 heteroatoms. The molecule has 2 rings (SSSR count). The minimum Gasteiger partial charge on any atom is -0.388 e. The number of benzene rings is 1. The van der Waals surface area contributed by atoms with Gasteiger partial charge in [0.2, 0.25) is 10.0 Å². The first-order valence-electron chi connectivity index (χ1n) is 7.53. The minimum atomic E-state index is -3.50. The van der Waals surface area contributed by atoms with E-state index < -0.39 is 16.1 Å². The molecule has 118 valence electrons. The fraction of sp³-hybridized carbons (Fsp3) is 0.600. The van der Waals surface area contributed by atoms with Crippen molar-refractivity contribution < 1.29 is 13.5 Å². The van der Waals surface area contributed by atoms with Crippen molar-refractivity contribution in [2.75, 3.05) is 26.2 Å². The van der Waals surface area contributed by atoms with Gasteiger partial charge in [-0.15, -0.1) is 0 Å². The second-order valence-corrected chi connectivity index (χ2v) is 7.21. The van der Waals surface area contributed by atoms with Gasteiger partial charge in [-0.2, -0.15) is 0 Å². The van der Waals surface area contributed by atoms with Crippen molar-refractivity contribution in [1.29, 1.82) is 0 Å². The Balaban J connectivity index is 1.98. The van der Waals surface area contributed by atoms with Gasteiger partial charge in [0.1, 0.15) is 0 Å². The van der Waals surface area contributed by atoms with E-state index in [0.717, 1.165) is 19.6 Å². The monoisotopic (exact) mass is 312 g/mol. The molecule has 0 radical (unpaired) electrons. The fourth-order valence-electron chi connectivity index (χ4n) is 2.55. The molecular weight excluding hydrogens is 288 g/mol. The molecule has 2 N–H and O–H groups in total. The molecule has 0 aromatic heterocycles. The lowest BCUT2D eigenvalue weighted by Gasteiger charge is -2.15. The van der Waals surface area contributed by atoms with Crippen LogP contribution < -0.4 is 4.72 Å². The molecule has 1 aromatic rings. The van der Waals surface area contributed by atoms with Crippen molar-refractivity contribution in [2.45, 2.75) is 37.2 Å². The van der Waals surface area contributed by atoms with Gasteiger partial charge in [-0.25, -0.2) is 13.1 Å². The van der Waals surface area contributed by atoms with Crippen molar-refractivity contribution in [3.05, 3.63) is 29.8 Å². The van der Waals surface area contributed by atoms with Crippen LogP contribution in [-0.4, -0.2) is 44.6 Å². The third-order valence-electron chi connectivity index (χ3n) is 3.86. The third kappa shape index (κ3) is 4.51. The summed E-state index contributed by atoms with van der Waals surface area (Å²) >= 11 is 0. The van der Waals surface area contributed by atoms with E-state index in [-0.39, 0.29) is 4.90 Å². The Hall–Kier alpha value is -0.950. The summed E-state index contributed by atoms with van der Waals surface area (Å²) in [5, 5.41) is 9.82. The van der Waals surface area contributed by atoms with Crippen LogP contribution >= 0.6 is 0 Å². The molecule has 1 saturated heterocycles. The largest absolute Gasteiger partial charge is 0.388 e. The summed E-state index contributed by atoms with van der Waals surface area (Å²) in [6.07, 6.45) is 2.34. The van der Waals surface area contributed by atoms with Crippen molar-refractivity contribution in [3.8, 4) is 0 Å². The summed E-state index contributed by atoms with van der Waals surface area (Å²) in [4.78, 5) is 2.48. The van der Waals surface area contributed by atoms with Crippen LogP contribution in [0.3, 0.4) is 0 Å². The first-order valence-corrected chi connectivity index (χ1v) is 9.01. The number of hydrogen-bond donors (Lipinski definition) is 2. The van der Waals surface area contributed by atoms with E-state index in [1.165, 1.54) is 12.8 Å². The highest BCUT2D eigenvalue weighted by atomic mass is 32.2. The molecule has 0 bridgehead atoms. The minimum absolute atomic E-state index is 0.217. The van der Waals surface area contributed by atoms with Gasteiger partial charge >= 0.3 is 0 Å². The van der Waals surface area contributed by atoms with Crippen LogP contribution in [0.5, 0.6) is 0 Å². The lowest BCUT2D eigenvalue weighted by atomic mass is 10.1. The van der Waals surface area contributed by atoms with E-state index in [1.54, 1.807) is 24.3 Å². The smallest absolute Gasteiger partial charge is 0.240 e. The lowest BCUT2D eigenvalue weighted by Crippen LogP contribution is -2.33. The van der Waals surface area contributed by atoms with Gasteiger partial charge in [-0.3, -0.25) is 0 Å². The number of nitrogens with one attached hydrogen (secondary N) is 1. The van der Waals surface area contributed by atoms with Crippen molar-refractivity contribution in [1.82, 2.24) is 9.62 Å². The van der Waals surface area contributed by atoms with Crippen LogP contribution in [-0.2, 0) is 10.0 Å². The molecule has 1 unspecified atom stereocenters. The van der Waals surface area contributed by atoms with Crippen LogP contribution in [0.25, 0.3) is 0 Å². The molecule has 1 atom stereocenters. The Morgan fingerprint density at radius 2 is 2.05 bits per heavy atom.